The lowest BCUT2D eigenvalue weighted by molar-refractivity contribution is -0.137. The van der Waals surface area contributed by atoms with Crippen molar-refractivity contribution in [3.63, 3.8) is 0 Å². The average molecular weight is 269 g/mol. The number of fused-ring (bicyclic) bond motifs is 3. The summed E-state index contributed by atoms with van der Waals surface area (Å²) in [5.41, 5.74) is 0. The van der Waals surface area contributed by atoms with Gasteiger partial charge < -0.3 is 20.6 Å². The summed E-state index contributed by atoms with van der Waals surface area (Å²) in [6, 6.07) is -0.310. The third-order valence-electron chi connectivity index (χ3n) is 4.22. The van der Waals surface area contributed by atoms with E-state index in [1.165, 1.54) is 0 Å². The number of amides is 2. The van der Waals surface area contributed by atoms with Crippen molar-refractivity contribution in [3.05, 3.63) is 0 Å². The van der Waals surface area contributed by atoms with Gasteiger partial charge in [-0.15, -0.1) is 0 Å². The highest BCUT2D eigenvalue weighted by Gasteiger charge is 2.35. The van der Waals surface area contributed by atoms with E-state index in [2.05, 4.69) is 15.5 Å². The molecule has 0 aromatic rings. The fourth-order valence-electron chi connectivity index (χ4n) is 3.03. The molecule has 3 heterocycles. The number of nitrogens with zero attached hydrogens (tertiary/aromatic N) is 1. The Morgan fingerprint density at radius 1 is 1.37 bits per heavy atom. The Labute approximate surface area is 113 Å². The maximum absolute atomic E-state index is 11.9. The molecule has 0 saturated carbocycles. The van der Waals surface area contributed by atoms with E-state index in [4.69, 9.17) is 5.11 Å². The van der Waals surface area contributed by atoms with Crippen LogP contribution in [0.25, 0.3) is 0 Å². The number of hydrogen-bond donors (Lipinski definition) is 3. The molecule has 3 N–H and O–H groups in total. The van der Waals surface area contributed by atoms with Crippen LogP contribution in [-0.2, 0) is 4.79 Å². The van der Waals surface area contributed by atoms with Crippen LogP contribution in [0, 0.1) is 5.92 Å². The van der Waals surface area contributed by atoms with Gasteiger partial charge in [-0.05, 0) is 38.3 Å². The Balaban J connectivity index is 1.79. The second-order valence-electron chi connectivity index (χ2n) is 5.57. The number of aliphatic carboxylic acids is 1. The molecule has 0 aromatic heterocycles. The molecule has 2 amide bonds. The lowest BCUT2D eigenvalue weighted by atomic mass is 9.84. The van der Waals surface area contributed by atoms with Gasteiger partial charge in [0.25, 0.3) is 0 Å². The fraction of sp³-hybridized carbons (Fsp3) is 0.846. The van der Waals surface area contributed by atoms with Gasteiger partial charge in [-0.3, -0.25) is 4.79 Å². The topological polar surface area (TPSA) is 81.7 Å². The first-order valence-electron chi connectivity index (χ1n) is 7.09. The number of hydrogen-bond acceptors (Lipinski definition) is 3. The molecule has 0 spiro atoms. The summed E-state index contributed by atoms with van der Waals surface area (Å²) in [7, 11) is 0. The lowest BCUT2D eigenvalue weighted by Gasteiger charge is -2.44. The van der Waals surface area contributed by atoms with Crippen LogP contribution < -0.4 is 10.6 Å². The number of rotatable bonds is 5. The Morgan fingerprint density at radius 2 is 2.05 bits per heavy atom. The highest BCUT2D eigenvalue weighted by atomic mass is 16.4. The van der Waals surface area contributed by atoms with Crippen LogP contribution in [0.5, 0.6) is 0 Å². The number of carboxylic acid groups (broad SMARTS) is 1. The van der Waals surface area contributed by atoms with Crippen LogP contribution >= 0.6 is 0 Å². The minimum absolute atomic E-state index is 0.0237. The number of carbonyl (C=O) groups excluding carboxylic acids is 1. The smallest absolute Gasteiger partial charge is 0.315 e. The number of piperidine rings is 3. The zero-order chi connectivity index (χ0) is 13.8. The summed E-state index contributed by atoms with van der Waals surface area (Å²) in [5, 5.41) is 14.5. The van der Waals surface area contributed by atoms with Gasteiger partial charge in [-0.1, -0.05) is 6.92 Å². The predicted molar refractivity (Wildman–Crippen MR) is 71.0 cm³/mol. The number of urea groups is 1. The normalized spacial score (nSPS) is 30.7. The van der Waals surface area contributed by atoms with Gasteiger partial charge in [0.05, 0.1) is 6.42 Å². The van der Waals surface area contributed by atoms with Crippen molar-refractivity contribution in [1.29, 1.82) is 0 Å². The monoisotopic (exact) mass is 269 g/mol. The molecule has 3 aliphatic heterocycles. The summed E-state index contributed by atoms with van der Waals surface area (Å²) in [6.07, 6.45) is 2.90. The zero-order valence-electron chi connectivity index (χ0n) is 11.4. The van der Waals surface area contributed by atoms with Crippen LogP contribution in [0.15, 0.2) is 0 Å². The van der Waals surface area contributed by atoms with Gasteiger partial charge in [-0.2, -0.15) is 0 Å². The predicted octanol–water partition coefficient (Wildman–Crippen LogP) is 0.633. The van der Waals surface area contributed by atoms with Crippen molar-refractivity contribution in [2.45, 2.75) is 44.7 Å². The molecule has 2 atom stereocenters. The molecule has 3 rings (SSSR count). The van der Waals surface area contributed by atoms with E-state index in [0.717, 1.165) is 32.5 Å². The Hall–Kier alpha value is -1.30. The van der Waals surface area contributed by atoms with E-state index >= 15 is 0 Å². The van der Waals surface area contributed by atoms with E-state index in [-0.39, 0.29) is 24.5 Å². The molecule has 2 unspecified atom stereocenters. The van der Waals surface area contributed by atoms with Crippen LogP contribution in [0.1, 0.15) is 32.6 Å². The molecule has 108 valence electrons. The molecule has 6 nitrogen and oxygen atoms in total. The first-order chi connectivity index (χ1) is 9.08. The summed E-state index contributed by atoms with van der Waals surface area (Å²) in [6.45, 7) is 5.08. The van der Waals surface area contributed by atoms with Gasteiger partial charge in [0.15, 0.2) is 0 Å². The van der Waals surface area contributed by atoms with Crippen molar-refractivity contribution < 1.29 is 14.7 Å². The number of carboxylic acids is 1. The van der Waals surface area contributed by atoms with E-state index in [1.807, 2.05) is 6.92 Å². The molecular formula is C13H23N3O3. The number of nitrogens with one attached hydrogen (secondary N) is 2. The van der Waals surface area contributed by atoms with E-state index in [9.17, 15) is 9.59 Å². The summed E-state index contributed by atoms with van der Waals surface area (Å²) >= 11 is 0. The molecule has 3 fully saturated rings. The van der Waals surface area contributed by atoms with E-state index < -0.39 is 5.97 Å². The standard InChI is InChI=1S/C13H23N3O3/c1-2-10(7-12(17)18)14-13(19)15-11-8-16-5-3-9(11)4-6-16/h9-11H,2-8H2,1H3,(H,17,18)(H2,14,15,19). The Kier molecular flexibility index (Phi) is 4.63. The molecule has 6 heteroatoms. The largest absolute Gasteiger partial charge is 0.481 e. The highest BCUT2D eigenvalue weighted by Crippen LogP contribution is 2.27. The maximum Gasteiger partial charge on any atom is 0.315 e. The van der Waals surface area contributed by atoms with Crippen molar-refractivity contribution >= 4 is 12.0 Å². The summed E-state index contributed by atoms with van der Waals surface area (Å²) in [4.78, 5) is 24.9. The molecule has 0 aromatic carbocycles. The Morgan fingerprint density at radius 3 is 2.53 bits per heavy atom. The maximum atomic E-state index is 11.9. The Bertz CT molecular complexity index is 340. The molecular weight excluding hydrogens is 246 g/mol. The van der Waals surface area contributed by atoms with Gasteiger partial charge in [0.2, 0.25) is 0 Å². The van der Waals surface area contributed by atoms with Crippen molar-refractivity contribution in [2.75, 3.05) is 19.6 Å². The lowest BCUT2D eigenvalue weighted by Crippen LogP contribution is -2.59. The third kappa shape index (κ3) is 3.83. The van der Waals surface area contributed by atoms with Crippen LogP contribution in [0.3, 0.4) is 0 Å². The van der Waals surface area contributed by atoms with Crippen LogP contribution in [-0.4, -0.2) is 53.7 Å². The minimum atomic E-state index is -0.880. The van der Waals surface area contributed by atoms with Crippen LogP contribution in [0.2, 0.25) is 0 Å². The van der Waals surface area contributed by atoms with Crippen LogP contribution in [0.4, 0.5) is 4.79 Å². The van der Waals surface area contributed by atoms with Crippen molar-refractivity contribution in [1.82, 2.24) is 15.5 Å². The first-order valence-corrected chi connectivity index (χ1v) is 7.09. The van der Waals surface area contributed by atoms with Gasteiger partial charge in [0, 0.05) is 18.6 Å². The van der Waals surface area contributed by atoms with Crippen molar-refractivity contribution in [2.24, 2.45) is 5.92 Å². The van der Waals surface area contributed by atoms with E-state index in [1.54, 1.807) is 0 Å². The highest BCUT2D eigenvalue weighted by molar-refractivity contribution is 5.76. The molecule has 3 saturated heterocycles. The molecule has 19 heavy (non-hydrogen) atoms. The summed E-state index contributed by atoms with van der Waals surface area (Å²) < 4.78 is 0. The zero-order valence-corrected chi connectivity index (χ0v) is 11.4. The van der Waals surface area contributed by atoms with Crippen molar-refractivity contribution in [3.8, 4) is 0 Å². The molecule has 0 aliphatic carbocycles. The molecule has 3 aliphatic rings. The third-order valence-corrected chi connectivity index (χ3v) is 4.22. The van der Waals surface area contributed by atoms with Gasteiger partial charge in [0.1, 0.15) is 0 Å². The minimum Gasteiger partial charge on any atom is -0.481 e. The fourth-order valence-corrected chi connectivity index (χ4v) is 3.03. The van der Waals surface area contributed by atoms with Gasteiger partial charge in [-0.25, -0.2) is 4.79 Å². The second-order valence-corrected chi connectivity index (χ2v) is 5.57. The molecule has 0 radical (unpaired) electrons. The second kappa shape index (κ2) is 6.23. The number of carbonyl (C=O) groups is 2. The van der Waals surface area contributed by atoms with E-state index in [0.29, 0.717) is 12.3 Å². The average Bonchev–Trinajstić information content (AvgIpc) is 2.38. The van der Waals surface area contributed by atoms with Gasteiger partial charge >= 0.3 is 12.0 Å². The quantitative estimate of drug-likeness (QED) is 0.684. The summed E-state index contributed by atoms with van der Waals surface area (Å²) in [5.74, 6) is -0.301. The molecule has 2 bridgehead atoms. The SMILES string of the molecule is CCC(CC(=O)O)NC(=O)NC1CN2CCC1CC2. The first kappa shape index (κ1) is 14.1.